The van der Waals surface area contributed by atoms with Crippen molar-refractivity contribution in [3.63, 3.8) is 0 Å². The van der Waals surface area contributed by atoms with Crippen molar-refractivity contribution >= 4 is 17.4 Å². The van der Waals surface area contributed by atoms with Crippen LogP contribution >= 0.6 is 11.3 Å². The molecular weight excluding hydrogens is 280 g/mol. The molecule has 2 atom stereocenters. The molecule has 3 rings (SSSR count). The number of thiophene rings is 1. The zero-order valence-electron chi connectivity index (χ0n) is 13.0. The predicted molar refractivity (Wildman–Crippen MR) is 87.8 cm³/mol. The molecule has 0 radical (unpaired) electrons. The molecule has 4 heteroatoms. The summed E-state index contributed by atoms with van der Waals surface area (Å²) < 4.78 is 0. The maximum atomic E-state index is 12.8. The summed E-state index contributed by atoms with van der Waals surface area (Å²) in [5.41, 5.74) is 1.42. The number of nitrogens with zero attached hydrogens (tertiary/aromatic N) is 2. The first-order chi connectivity index (χ1) is 10.3. The van der Waals surface area contributed by atoms with Crippen LogP contribution in [0, 0.1) is 0 Å². The van der Waals surface area contributed by atoms with E-state index in [0.717, 1.165) is 32.4 Å². The monoisotopic (exact) mass is 306 g/mol. The van der Waals surface area contributed by atoms with Gasteiger partial charge in [0.25, 0.3) is 0 Å². The lowest BCUT2D eigenvalue weighted by atomic mass is 10.1. The molecule has 1 aromatic heterocycles. The fraction of sp³-hybridized carbons (Fsp3) is 0.706. The summed E-state index contributed by atoms with van der Waals surface area (Å²) in [6, 6.07) is 3.36. The predicted octanol–water partition coefficient (Wildman–Crippen LogP) is 4.14. The number of aryl methyl sites for hydroxylation is 1. The molecule has 0 saturated carbocycles. The summed E-state index contributed by atoms with van der Waals surface area (Å²) in [6.07, 6.45) is 8.17. The maximum absolute atomic E-state index is 12.8. The molecule has 116 valence electrons. The summed E-state index contributed by atoms with van der Waals surface area (Å²) in [5, 5.41) is 4.37. The normalized spacial score (nSPS) is 26.3. The van der Waals surface area contributed by atoms with Gasteiger partial charge in [0, 0.05) is 25.2 Å². The van der Waals surface area contributed by atoms with E-state index in [9.17, 15) is 4.79 Å². The van der Waals surface area contributed by atoms with Crippen molar-refractivity contribution < 1.29 is 4.79 Å². The van der Waals surface area contributed by atoms with E-state index in [1.807, 2.05) is 0 Å². The number of amides is 2. The fourth-order valence-corrected chi connectivity index (χ4v) is 4.42. The quantitative estimate of drug-likeness (QED) is 0.823. The first kappa shape index (κ1) is 14.9. The Morgan fingerprint density at radius 1 is 1.29 bits per heavy atom. The molecule has 2 saturated heterocycles. The maximum Gasteiger partial charge on any atom is 0.320 e. The first-order valence-electron chi connectivity index (χ1n) is 8.34. The van der Waals surface area contributed by atoms with Crippen molar-refractivity contribution in [2.75, 3.05) is 13.1 Å². The van der Waals surface area contributed by atoms with E-state index >= 15 is 0 Å². The highest BCUT2D eigenvalue weighted by molar-refractivity contribution is 7.07. The van der Waals surface area contributed by atoms with Gasteiger partial charge in [-0.25, -0.2) is 4.79 Å². The van der Waals surface area contributed by atoms with E-state index in [0.29, 0.717) is 18.1 Å². The van der Waals surface area contributed by atoms with Crippen molar-refractivity contribution in [1.82, 2.24) is 9.80 Å². The van der Waals surface area contributed by atoms with Gasteiger partial charge in [0.05, 0.1) is 0 Å². The molecule has 0 N–H and O–H groups in total. The molecule has 0 unspecified atom stereocenters. The van der Waals surface area contributed by atoms with Crippen LogP contribution in [-0.2, 0) is 6.42 Å². The minimum Gasteiger partial charge on any atom is -0.325 e. The molecule has 0 aromatic carbocycles. The van der Waals surface area contributed by atoms with Gasteiger partial charge in [-0.05, 0) is 74.3 Å². The van der Waals surface area contributed by atoms with Crippen LogP contribution in [0.3, 0.4) is 0 Å². The van der Waals surface area contributed by atoms with Crippen LogP contribution in [0.2, 0.25) is 0 Å². The van der Waals surface area contributed by atoms with Gasteiger partial charge in [-0.15, -0.1) is 0 Å². The van der Waals surface area contributed by atoms with Crippen LogP contribution < -0.4 is 0 Å². The van der Waals surface area contributed by atoms with E-state index in [-0.39, 0.29) is 0 Å². The molecular formula is C17H26N2OS. The molecule has 3 nitrogen and oxygen atoms in total. The number of carbonyl (C=O) groups excluding carboxylic acids is 1. The van der Waals surface area contributed by atoms with Gasteiger partial charge in [0.1, 0.15) is 0 Å². The van der Waals surface area contributed by atoms with Crippen LogP contribution in [0.5, 0.6) is 0 Å². The fourth-order valence-electron chi connectivity index (χ4n) is 3.72. The Balaban J connectivity index is 1.61. The molecule has 0 spiro atoms. The molecule has 2 aliphatic rings. The smallest absolute Gasteiger partial charge is 0.320 e. The molecule has 2 aliphatic heterocycles. The van der Waals surface area contributed by atoms with Crippen LogP contribution in [0.1, 0.15) is 51.0 Å². The Morgan fingerprint density at radius 2 is 2.10 bits per heavy atom. The van der Waals surface area contributed by atoms with E-state index < -0.39 is 0 Å². The molecule has 21 heavy (non-hydrogen) atoms. The third-order valence-electron chi connectivity index (χ3n) is 4.98. The van der Waals surface area contributed by atoms with Crippen molar-refractivity contribution in [1.29, 1.82) is 0 Å². The Morgan fingerprint density at radius 3 is 2.81 bits per heavy atom. The first-order valence-corrected chi connectivity index (χ1v) is 9.28. The molecule has 0 aliphatic carbocycles. The molecule has 1 aromatic rings. The zero-order valence-corrected chi connectivity index (χ0v) is 13.8. The summed E-state index contributed by atoms with van der Waals surface area (Å²) in [5.74, 6) is 0. The molecule has 2 fully saturated rings. The molecule has 0 bridgehead atoms. The Hall–Kier alpha value is -1.03. The third kappa shape index (κ3) is 3.42. The van der Waals surface area contributed by atoms with Gasteiger partial charge in [-0.2, -0.15) is 11.3 Å². The SMILES string of the molecule is C[C@@H]1CC[C@H](CCc2ccsc2)N1C(=O)N1CCCCC1. The van der Waals surface area contributed by atoms with Crippen molar-refractivity contribution in [2.45, 2.75) is 64.0 Å². The Bertz CT molecular complexity index is 453. The average Bonchev–Trinajstić information content (AvgIpc) is 3.15. The number of rotatable bonds is 3. The minimum atomic E-state index is 0.301. The van der Waals surface area contributed by atoms with E-state index in [1.165, 1.54) is 31.2 Å². The number of hydrogen-bond donors (Lipinski definition) is 0. The van der Waals surface area contributed by atoms with Crippen molar-refractivity contribution in [3.05, 3.63) is 22.4 Å². The summed E-state index contributed by atoms with van der Waals surface area (Å²) >= 11 is 1.76. The molecule has 3 heterocycles. The lowest BCUT2D eigenvalue weighted by Gasteiger charge is -2.36. The van der Waals surface area contributed by atoms with Crippen molar-refractivity contribution in [3.8, 4) is 0 Å². The van der Waals surface area contributed by atoms with Gasteiger partial charge < -0.3 is 9.80 Å². The number of urea groups is 1. The second-order valence-corrected chi connectivity index (χ2v) is 7.27. The van der Waals surface area contributed by atoms with E-state index in [2.05, 4.69) is 33.6 Å². The Labute approximate surface area is 131 Å². The van der Waals surface area contributed by atoms with E-state index in [1.54, 1.807) is 11.3 Å². The molecule has 2 amide bonds. The van der Waals surface area contributed by atoms with Gasteiger partial charge in [-0.3, -0.25) is 0 Å². The highest BCUT2D eigenvalue weighted by Gasteiger charge is 2.36. The van der Waals surface area contributed by atoms with Crippen LogP contribution in [0.4, 0.5) is 4.79 Å². The highest BCUT2D eigenvalue weighted by atomic mass is 32.1. The van der Waals surface area contributed by atoms with Gasteiger partial charge >= 0.3 is 6.03 Å². The summed E-state index contributed by atoms with van der Waals surface area (Å²) in [6.45, 7) is 4.13. The van der Waals surface area contributed by atoms with Crippen LogP contribution in [-0.4, -0.2) is 41.0 Å². The number of carbonyl (C=O) groups is 1. The summed E-state index contributed by atoms with van der Waals surface area (Å²) in [7, 11) is 0. The largest absolute Gasteiger partial charge is 0.325 e. The second kappa shape index (κ2) is 6.82. The number of hydrogen-bond acceptors (Lipinski definition) is 2. The topological polar surface area (TPSA) is 23.6 Å². The standard InChI is InChI=1S/C17H26N2OS/c1-14-5-7-16(8-6-15-9-12-21-13-15)19(14)17(20)18-10-3-2-4-11-18/h9,12-14,16H,2-8,10-11H2,1H3/t14-,16-/m1/s1. The Kier molecular flexibility index (Phi) is 4.84. The lowest BCUT2D eigenvalue weighted by Crippen LogP contribution is -2.49. The van der Waals surface area contributed by atoms with E-state index in [4.69, 9.17) is 0 Å². The number of piperidine rings is 1. The van der Waals surface area contributed by atoms with Gasteiger partial charge in [-0.1, -0.05) is 0 Å². The average molecular weight is 306 g/mol. The number of likely N-dealkylation sites (tertiary alicyclic amines) is 2. The second-order valence-electron chi connectivity index (χ2n) is 6.49. The zero-order chi connectivity index (χ0) is 14.7. The van der Waals surface area contributed by atoms with Gasteiger partial charge in [0.2, 0.25) is 0 Å². The van der Waals surface area contributed by atoms with Crippen molar-refractivity contribution in [2.24, 2.45) is 0 Å². The lowest BCUT2D eigenvalue weighted by molar-refractivity contribution is 0.124. The third-order valence-corrected chi connectivity index (χ3v) is 5.71. The minimum absolute atomic E-state index is 0.301. The van der Waals surface area contributed by atoms with Gasteiger partial charge in [0.15, 0.2) is 0 Å². The summed E-state index contributed by atoms with van der Waals surface area (Å²) in [4.78, 5) is 17.1. The highest BCUT2D eigenvalue weighted by Crippen LogP contribution is 2.29. The van der Waals surface area contributed by atoms with Crippen LogP contribution in [0.25, 0.3) is 0 Å². The van der Waals surface area contributed by atoms with Crippen LogP contribution in [0.15, 0.2) is 16.8 Å².